The number of benzene rings is 2. The molecule has 27 heavy (non-hydrogen) atoms. The zero-order chi connectivity index (χ0) is 19.1. The summed E-state index contributed by atoms with van der Waals surface area (Å²) in [6.07, 6.45) is 0. The molecule has 0 bridgehead atoms. The highest BCUT2D eigenvalue weighted by atomic mass is 32.2. The molecular formula is C20H22N2O3S2. The van der Waals surface area contributed by atoms with Gasteiger partial charge in [-0.2, -0.15) is 0 Å². The Kier molecular flexibility index (Phi) is 6.95. The summed E-state index contributed by atoms with van der Waals surface area (Å²) in [6, 6.07) is 13.8. The highest BCUT2D eigenvalue weighted by molar-refractivity contribution is 7.99. The van der Waals surface area contributed by atoms with Gasteiger partial charge in [-0.05, 0) is 36.8 Å². The van der Waals surface area contributed by atoms with Crippen molar-refractivity contribution in [1.29, 1.82) is 0 Å². The van der Waals surface area contributed by atoms with Crippen molar-refractivity contribution in [3.8, 4) is 11.5 Å². The van der Waals surface area contributed by atoms with E-state index in [1.807, 2.05) is 43.3 Å². The van der Waals surface area contributed by atoms with Crippen LogP contribution in [0.5, 0.6) is 11.5 Å². The second-order valence-corrected chi connectivity index (χ2v) is 7.86. The maximum Gasteiger partial charge on any atom is 0.230 e. The minimum absolute atomic E-state index is 0.00830. The Morgan fingerprint density at radius 3 is 2.85 bits per heavy atom. The summed E-state index contributed by atoms with van der Waals surface area (Å²) < 4.78 is 12.0. The Bertz CT molecular complexity index is 878. The number of carbonyl (C=O) groups is 1. The second kappa shape index (κ2) is 9.62. The van der Waals surface area contributed by atoms with Crippen LogP contribution in [0.1, 0.15) is 17.5 Å². The Morgan fingerprint density at radius 1 is 1.22 bits per heavy atom. The van der Waals surface area contributed by atoms with Gasteiger partial charge < -0.3 is 14.8 Å². The lowest BCUT2D eigenvalue weighted by molar-refractivity contribution is -0.118. The molecule has 0 fully saturated rings. The molecular weight excluding hydrogens is 380 g/mol. The molecule has 0 unspecified atom stereocenters. The molecule has 2 aromatic carbocycles. The number of hydrogen-bond acceptors (Lipinski definition) is 6. The number of nitrogens with one attached hydrogen (secondary N) is 1. The normalized spacial score (nSPS) is 10.7. The Balaban J connectivity index is 1.45. The Labute approximate surface area is 167 Å². The predicted octanol–water partition coefficient (Wildman–Crippen LogP) is 4.25. The molecule has 1 amide bonds. The van der Waals surface area contributed by atoms with Crippen LogP contribution in [-0.4, -0.2) is 30.4 Å². The summed E-state index contributed by atoms with van der Waals surface area (Å²) in [4.78, 5) is 16.7. The largest absolute Gasteiger partial charge is 0.493 e. The van der Waals surface area contributed by atoms with Crippen molar-refractivity contribution in [2.45, 2.75) is 19.2 Å². The van der Waals surface area contributed by atoms with Gasteiger partial charge in [-0.25, -0.2) is 4.98 Å². The van der Waals surface area contributed by atoms with E-state index in [0.717, 1.165) is 21.8 Å². The monoisotopic (exact) mass is 402 g/mol. The van der Waals surface area contributed by atoms with Crippen LogP contribution < -0.4 is 14.8 Å². The highest BCUT2D eigenvalue weighted by Crippen LogP contribution is 2.28. The zero-order valence-electron chi connectivity index (χ0n) is 15.4. The van der Waals surface area contributed by atoms with Gasteiger partial charge >= 0.3 is 0 Å². The number of methoxy groups -OCH3 is 1. The van der Waals surface area contributed by atoms with Crippen molar-refractivity contribution < 1.29 is 14.3 Å². The first-order valence-electron chi connectivity index (χ1n) is 8.68. The molecule has 1 N–H and O–H groups in total. The van der Waals surface area contributed by atoms with Crippen molar-refractivity contribution in [3.05, 3.63) is 53.0 Å². The molecule has 0 spiro atoms. The summed E-state index contributed by atoms with van der Waals surface area (Å²) >= 11 is 3.25. The van der Waals surface area contributed by atoms with E-state index in [1.165, 1.54) is 4.70 Å². The number of amides is 1. The summed E-state index contributed by atoms with van der Waals surface area (Å²) in [5.74, 6) is 2.54. The number of carbonyl (C=O) groups excluding carboxylic acids is 1. The third-order valence-electron chi connectivity index (χ3n) is 3.81. The molecule has 142 valence electrons. The summed E-state index contributed by atoms with van der Waals surface area (Å²) in [5.41, 5.74) is 1.99. The number of rotatable bonds is 9. The van der Waals surface area contributed by atoms with Crippen molar-refractivity contribution in [2.75, 3.05) is 19.5 Å². The number of ether oxygens (including phenoxy) is 2. The average Bonchev–Trinajstić information content (AvgIpc) is 3.10. The van der Waals surface area contributed by atoms with E-state index in [9.17, 15) is 4.79 Å². The van der Waals surface area contributed by atoms with Crippen molar-refractivity contribution >= 4 is 39.2 Å². The van der Waals surface area contributed by atoms with Gasteiger partial charge in [-0.3, -0.25) is 4.79 Å². The molecule has 7 heteroatoms. The molecule has 5 nitrogen and oxygen atoms in total. The molecule has 0 radical (unpaired) electrons. The average molecular weight is 403 g/mol. The molecule has 0 saturated carbocycles. The Morgan fingerprint density at radius 2 is 2.07 bits per heavy atom. The van der Waals surface area contributed by atoms with Crippen LogP contribution in [0, 0.1) is 0 Å². The predicted molar refractivity (Wildman–Crippen MR) is 112 cm³/mol. The van der Waals surface area contributed by atoms with Gasteiger partial charge in [0.1, 0.15) is 5.01 Å². The van der Waals surface area contributed by atoms with Crippen molar-refractivity contribution in [3.63, 3.8) is 0 Å². The van der Waals surface area contributed by atoms with Crippen LogP contribution in [0.2, 0.25) is 0 Å². The highest BCUT2D eigenvalue weighted by Gasteiger charge is 2.08. The molecule has 0 saturated heterocycles. The summed E-state index contributed by atoms with van der Waals surface area (Å²) in [6.45, 7) is 2.97. The van der Waals surface area contributed by atoms with E-state index in [4.69, 9.17) is 9.47 Å². The van der Waals surface area contributed by atoms with Gasteiger partial charge in [-0.1, -0.05) is 18.2 Å². The maximum absolute atomic E-state index is 12.1. The quantitative estimate of drug-likeness (QED) is 0.580. The zero-order valence-corrected chi connectivity index (χ0v) is 17.0. The van der Waals surface area contributed by atoms with E-state index < -0.39 is 0 Å². The number of thioether (sulfide) groups is 1. The van der Waals surface area contributed by atoms with Crippen LogP contribution in [0.4, 0.5) is 0 Å². The number of thiazole rings is 1. The van der Waals surface area contributed by atoms with Gasteiger partial charge in [0.25, 0.3) is 0 Å². The fourth-order valence-corrected chi connectivity index (χ4v) is 4.44. The Hall–Kier alpha value is -2.25. The summed E-state index contributed by atoms with van der Waals surface area (Å²) in [5, 5.41) is 3.99. The van der Waals surface area contributed by atoms with Gasteiger partial charge in [0.2, 0.25) is 5.91 Å². The molecule has 0 atom stereocenters. The second-order valence-electron chi connectivity index (χ2n) is 5.76. The van der Waals surface area contributed by atoms with Gasteiger partial charge in [0, 0.05) is 12.3 Å². The van der Waals surface area contributed by atoms with Crippen LogP contribution in [0.25, 0.3) is 10.2 Å². The fraction of sp³-hybridized carbons (Fsp3) is 0.300. The van der Waals surface area contributed by atoms with Crippen LogP contribution in [-0.2, 0) is 17.1 Å². The third-order valence-corrected chi connectivity index (χ3v) is 5.98. The lowest BCUT2D eigenvalue weighted by Crippen LogP contribution is -2.24. The number of hydrogen-bond donors (Lipinski definition) is 1. The van der Waals surface area contributed by atoms with Crippen LogP contribution >= 0.6 is 23.1 Å². The standard InChI is InChI=1S/C20H22N2O3S2/c1-3-25-16-9-8-14(10-17(16)24-2)11-21-19(23)12-26-13-20-22-15-6-4-5-7-18(15)27-20/h4-10H,3,11-13H2,1-2H3,(H,21,23). The first-order chi connectivity index (χ1) is 13.2. The van der Waals surface area contributed by atoms with E-state index in [1.54, 1.807) is 30.2 Å². The van der Waals surface area contributed by atoms with Crippen LogP contribution in [0.3, 0.4) is 0 Å². The minimum Gasteiger partial charge on any atom is -0.493 e. The smallest absolute Gasteiger partial charge is 0.230 e. The summed E-state index contributed by atoms with van der Waals surface area (Å²) in [7, 11) is 1.61. The number of aromatic nitrogens is 1. The van der Waals surface area contributed by atoms with Crippen molar-refractivity contribution in [1.82, 2.24) is 10.3 Å². The number of fused-ring (bicyclic) bond motifs is 1. The van der Waals surface area contributed by atoms with E-state index in [0.29, 0.717) is 30.4 Å². The topological polar surface area (TPSA) is 60.5 Å². The number of para-hydroxylation sites is 1. The molecule has 1 heterocycles. The van der Waals surface area contributed by atoms with Gasteiger partial charge in [0.15, 0.2) is 11.5 Å². The van der Waals surface area contributed by atoms with Crippen LogP contribution in [0.15, 0.2) is 42.5 Å². The molecule has 0 aliphatic carbocycles. The van der Waals surface area contributed by atoms with E-state index in [-0.39, 0.29) is 5.91 Å². The van der Waals surface area contributed by atoms with E-state index in [2.05, 4.69) is 16.4 Å². The van der Waals surface area contributed by atoms with Crippen molar-refractivity contribution in [2.24, 2.45) is 0 Å². The first kappa shape index (κ1) is 19.5. The molecule has 3 aromatic rings. The van der Waals surface area contributed by atoms with Gasteiger partial charge in [0.05, 0.1) is 29.7 Å². The number of nitrogens with zero attached hydrogens (tertiary/aromatic N) is 1. The minimum atomic E-state index is 0.00830. The lowest BCUT2D eigenvalue weighted by atomic mass is 10.2. The third kappa shape index (κ3) is 5.37. The molecule has 1 aromatic heterocycles. The first-order valence-corrected chi connectivity index (χ1v) is 10.7. The molecule has 3 rings (SSSR count). The molecule has 0 aliphatic rings. The lowest BCUT2D eigenvalue weighted by Gasteiger charge is -2.11. The SMILES string of the molecule is CCOc1ccc(CNC(=O)CSCc2nc3ccccc3s2)cc1OC. The maximum atomic E-state index is 12.1. The van der Waals surface area contributed by atoms with E-state index >= 15 is 0 Å². The molecule has 0 aliphatic heterocycles. The fourth-order valence-electron chi connectivity index (χ4n) is 2.56. The van der Waals surface area contributed by atoms with Gasteiger partial charge in [-0.15, -0.1) is 23.1 Å².